The number of halogens is 1. The van der Waals surface area contributed by atoms with Crippen molar-refractivity contribution < 1.29 is 0 Å². The van der Waals surface area contributed by atoms with E-state index in [1.54, 1.807) is 0 Å². The highest BCUT2D eigenvalue weighted by atomic mass is 35.5. The van der Waals surface area contributed by atoms with E-state index in [0.717, 1.165) is 33.9 Å². The molecule has 21 heavy (non-hydrogen) atoms. The molecule has 5 nitrogen and oxygen atoms in total. The van der Waals surface area contributed by atoms with Crippen LogP contribution >= 0.6 is 11.6 Å². The highest BCUT2D eigenvalue weighted by molar-refractivity contribution is 6.20. The molecule has 0 aliphatic heterocycles. The molecule has 6 heteroatoms. The van der Waals surface area contributed by atoms with Crippen LogP contribution in [0.3, 0.4) is 0 Å². The summed E-state index contributed by atoms with van der Waals surface area (Å²) >= 11 is 6.30. The van der Waals surface area contributed by atoms with Gasteiger partial charge < -0.3 is 4.57 Å². The first-order chi connectivity index (χ1) is 9.97. The van der Waals surface area contributed by atoms with Crippen molar-refractivity contribution in [3.8, 4) is 0 Å². The third-order valence-corrected chi connectivity index (χ3v) is 3.98. The molecule has 0 N–H and O–H groups in total. The molecule has 0 saturated heterocycles. The second-order valence-electron chi connectivity index (χ2n) is 5.35. The first-order valence-electron chi connectivity index (χ1n) is 6.92. The first-order valence-corrected chi connectivity index (χ1v) is 7.36. The van der Waals surface area contributed by atoms with E-state index in [1.807, 2.05) is 43.9 Å². The van der Waals surface area contributed by atoms with E-state index < -0.39 is 0 Å². The Labute approximate surface area is 128 Å². The third-order valence-electron chi connectivity index (χ3n) is 3.78. The van der Waals surface area contributed by atoms with Crippen molar-refractivity contribution in [2.45, 2.75) is 32.7 Å². The second-order valence-corrected chi connectivity index (χ2v) is 6.00. The lowest BCUT2D eigenvalue weighted by atomic mass is 10.2. The number of fused-ring (bicyclic) bond motifs is 1. The minimum Gasteiger partial charge on any atom is -0.307 e. The van der Waals surface area contributed by atoms with Gasteiger partial charge in [0.25, 0.3) is 0 Å². The van der Waals surface area contributed by atoms with Crippen LogP contribution in [0, 0.1) is 13.8 Å². The lowest BCUT2D eigenvalue weighted by Crippen LogP contribution is -2.07. The molecular weight excluding hydrogens is 286 g/mol. The zero-order valence-electron chi connectivity index (χ0n) is 12.6. The molecule has 0 aromatic carbocycles. The second kappa shape index (κ2) is 5.15. The molecule has 0 saturated carbocycles. The Bertz CT molecular complexity index is 800. The van der Waals surface area contributed by atoms with Crippen molar-refractivity contribution in [1.29, 1.82) is 0 Å². The van der Waals surface area contributed by atoms with Gasteiger partial charge in [-0.1, -0.05) is 0 Å². The normalized spacial score (nSPS) is 13.0. The largest absolute Gasteiger partial charge is 0.307 e. The summed E-state index contributed by atoms with van der Waals surface area (Å²) in [6, 6.07) is 3.96. The molecule has 0 fully saturated rings. The Hall–Kier alpha value is -1.88. The van der Waals surface area contributed by atoms with Crippen LogP contribution in [0.4, 0.5) is 0 Å². The van der Waals surface area contributed by atoms with Gasteiger partial charge in [-0.25, -0.2) is 9.97 Å². The molecule has 3 heterocycles. The van der Waals surface area contributed by atoms with Gasteiger partial charge in [0, 0.05) is 24.0 Å². The predicted octanol–water partition coefficient (Wildman–Crippen LogP) is 3.13. The SMILES string of the molecule is Cc1ccc2nc(C(C)Cl)n(Cc3cnn(C)c3C)c2n1. The molecule has 3 aromatic rings. The minimum atomic E-state index is -0.170. The van der Waals surface area contributed by atoms with Crippen molar-refractivity contribution in [3.63, 3.8) is 0 Å². The number of nitrogens with zero attached hydrogens (tertiary/aromatic N) is 5. The van der Waals surface area contributed by atoms with Crippen molar-refractivity contribution >= 4 is 22.8 Å². The maximum atomic E-state index is 6.30. The summed E-state index contributed by atoms with van der Waals surface area (Å²) < 4.78 is 3.96. The number of aromatic nitrogens is 5. The average molecular weight is 304 g/mol. The van der Waals surface area contributed by atoms with Gasteiger partial charge in [-0.2, -0.15) is 5.10 Å². The molecule has 3 rings (SSSR count). The fourth-order valence-electron chi connectivity index (χ4n) is 2.44. The summed E-state index contributed by atoms with van der Waals surface area (Å²) in [5.41, 5.74) is 5.02. The maximum absolute atomic E-state index is 6.30. The van der Waals surface area contributed by atoms with Crippen molar-refractivity contribution in [2.24, 2.45) is 7.05 Å². The topological polar surface area (TPSA) is 48.5 Å². The van der Waals surface area contributed by atoms with Gasteiger partial charge in [0.1, 0.15) is 11.3 Å². The van der Waals surface area contributed by atoms with Crippen LogP contribution in [0.25, 0.3) is 11.2 Å². The minimum absolute atomic E-state index is 0.170. The Morgan fingerprint density at radius 2 is 2.00 bits per heavy atom. The quantitative estimate of drug-likeness (QED) is 0.698. The van der Waals surface area contributed by atoms with E-state index in [-0.39, 0.29) is 5.38 Å². The monoisotopic (exact) mass is 303 g/mol. The van der Waals surface area contributed by atoms with E-state index in [1.165, 1.54) is 0 Å². The van der Waals surface area contributed by atoms with Gasteiger partial charge in [0.15, 0.2) is 5.65 Å². The fraction of sp³-hybridized carbons (Fsp3) is 0.400. The van der Waals surface area contributed by atoms with Crippen molar-refractivity contribution in [3.05, 3.63) is 41.1 Å². The molecular formula is C15H18ClN5. The number of hydrogen-bond donors (Lipinski definition) is 0. The highest BCUT2D eigenvalue weighted by Crippen LogP contribution is 2.25. The number of alkyl halides is 1. The third kappa shape index (κ3) is 2.42. The summed E-state index contributed by atoms with van der Waals surface area (Å²) in [6.07, 6.45) is 1.89. The molecule has 1 atom stereocenters. The Kier molecular flexibility index (Phi) is 3.45. The van der Waals surface area contributed by atoms with Gasteiger partial charge in [-0.15, -0.1) is 11.6 Å². The van der Waals surface area contributed by atoms with Crippen LogP contribution in [0.5, 0.6) is 0 Å². The first kappa shape index (κ1) is 14.1. The molecule has 0 amide bonds. The zero-order chi connectivity index (χ0) is 15.1. The molecule has 0 bridgehead atoms. The van der Waals surface area contributed by atoms with Crippen LogP contribution in [-0.2, 0) is 13.6 Å². The van der Waals surface area contributed by atoms with Gasteiger partial charge in [-0.05, 0) is 32.9 Å². The highest BCUT2D eigenvalue weighted by Gasteiger charge is 2.17. The molecule has 110 valence electrons. The number of aryl methyl sites for hydroxylation is 2. The molecule has 0 spiro atoms. The Balaban J connectivity index is 2.17. The molecule has 3 aromatic heterocycles. The van der Waals surface area contributed by atoms with Gasteiger partial charge in [-0.3, -0.25) is 4.68 Å². The predicted molar refractivity (Wildman–Crippen MR) is 83.6 cm³/mol. The fourth-order valence-corrected chi connectivity index (χ4v) is 2.61. The van der Waals surface area contributed by atoms with Gasteiger partial charge in [0.2, 0.25) is 0 Å². The lowest BCUT2D eigenvalue weighted by Gasteiger charge is -2.10. The van der Waals surface area contributed by atoms with Crippen LogP contribution in [0.15, 0.2) is 18.3 Å². The molecule has 0 radical (unpaired) electrons. The van der Waals surface area contributed by atoms with Crippen LogP contribution < -0.4 is 0 Å². The smallest absolute Gasteiger partial charge is 0.160 e. The number of rotatable bonds is 3. The van der Waals surface area contributed by atoms with Crippen LogP contribution in [-0.4, -0.2) is 24.3 Å². The lowest BCUT2D eigenvalue weighted by molar-refractivity contribution is 0.716. The summed E-state index contributed by atoms with van der Waals surface area (Å²) in [4.78, 5) is 9.25. The standard InChI is InChI=1S/C15H18ClN5/c1-9-5-6-13-15(18-9)21(14(19-13)10(2)16)8-12-7-17-20(4)11(12)3/h5-7,10H,8H2,1-4H3. The van der Waals surface area contributed by atoms with Crippen LogP contribution in [0.2, 0.25) is 0 Å². The Morgan fingerprint density at radius 3 is 2.62 bits per heavy atom. The van der Waals surface area contributed by atoms with Crippen molar-refractivity contribution in [1.82, 2.24) is 24.3 Å². The summed E-state index contributed by atoms with van der Waals surface area (Å²) in [7, 11) is 1.94. The maximum Gasteiger partial charge on any atom is 0.160 e. The summed E-state index contributed by atoms with van der Waals surface area (Å²) in [5, 5.41) is 4.13. The average Bonchev–Trinajstić information content (AvgIpc) is 2.94. The van der Waals surface area contributed by atoms with Crippen molar-refractivity contribution in [2.75, 3.05) is 0 Å². The summed E-state index contributed by atoms with van der Waals surface area (Å²) in [5.74, 6) is 0.841. The van der Waals surface area contributed by atoms with Crippen LogP contribution in [0.1, 0.15) is 35.1 Å². The van der Waals surface area contributed by atoms with E-state index in [0.29, 0.717) is 6.54 Å². The Morgan fingerprint density at radius 1 is 1.24 bits per heavy atom. The molecule has 1 unspecified atom stereocenters. The van der Waals surface area contributed by atoms with E-state index in [2.05, 4.69) is 26.6 Å². The summed E-state index contributed by atoms with van der Waals surface area (Å²) in [6.45, 7) is 6.65. The number of imidazole rings is 1. The zero-order valence-corrected chi connectivity index (χ0v) is 13.4. The molecule has 0 aliphatic rings. The molecule has 0 aliphatic carbocycles. The number of hydrogen-bond acceptors (Lipinski definition) is 3. The van der Waals surface area contributed by atoms with E-state index in [9.17, 15) is 0 Å². The van der Waals surface area contributed by atoms with Gasteiger partial charge >= 0.3 is 0 Å². The number of pyridine rings is 1. The van der Waals surface area contributed by atoms with Gasteiger partial charge in [0.05, 0.1) is 18.1 Å². The van der Waals surface area contributed by atoms with E-state index >= 15 is 0 Å². The van der Waals surface area contributed by atoms with E-state index in [4.69, 9.17) is 11.6 Å².